The molecule has 0 bridgehead atoms. The Morgan fingerprint density at radius 3 is 2.83 bits per heavy atom. The highest BCUT2D eigenvalue weighted by molar-refractivity contribution is 6.10. The summed E-state index contributed by atoms with van der Waals surface area (Å²) in [6.45, 7) is 5.11. The third-order valence-corrected chi connectivity index (χ3v) is 4.46. The fourth-order valence-corrected chi connectivity index (χ4v) is 3.16. The van der Waals surface area contributed by atoms with Crippen LogP contribution in [0, 0.1) is 5.92 Å². The zero-order valence-electron chi connectivity index (χ0n) is 13.2. The van der Waals surface area contributed by atoms with Gasteiger partial charge in [0.25, 0.3) is 5.91 Å². The van der Waals surface area contributed by atoms with Crippen molar-refractivity contribution in [1.82, 2.24) is 20.9 Å². The Bertz CT molecular complexity index is 548. The van der Waals surface area contributed by atoms with Gasteiger partial charge in [-0.2, -0.15) is 0 Å². The molecule has 2 atom stereocenters. The van der Waals surface area contributed by atoms with E-state index in [1.807, 2.05) is 6.92 Å². The van der Waals surface area contributed by atoms with E-state index in [0.717, 1.165) is 24.2 Å². The highest BCUT2D eigenvalue weighted by Crippen LogP contribution is 2.37. The van der Waals surface area contributed by atoms with Crippen LogP contribution in [0.3, 0.4) is 0 Å². The molecule has 2 rings (SSSR count). The third kappa shape index (κ3) is 3.35. The summed E-state index contributed by atoms with van der Waals surface area (Å²) in [7, 11) is 0. The van der Waals surface area contributed by atoms with E-state index in [4.69, 9.17) is 0 Å². The molecule has 0 radical (unpaired) electrons. The van der Waals surface area contributed by atoms with Gasteiger partial charge in [-0.3, -0.25) is 19.8 Å². The van der Waals surface area contributed by atoms with E-state index in [9.17, 15) is 19.2 Å². The summed E-state index contributed by atoms with van der Waals surface area (Å²) in [4.78, 5) is 48.9. The van der Waals surface area contributed by atoms with Gasteiger partial charge in [-0.15, -0.1) is 6.58 Å². The normalized spacial score (nSPS) is 26.8. The molecule has 0 aromatic heterocycles. The second-order valence-electron chi connectivity index (χ2n) is 5.99. The van der Waals surface area contributed by atoms with Gasteiger partial charge in [0.1, 0.15) is 12.1 Å². The molecule has 2 fully saturated rings. The number of hydrogen-bond donors (Lipinski definition) is 3. The molecule has 1 spiro atoms. The fourth-order valence-electron chi connectivity index (χ4n) is 3.16. The maximum Gasteiger partial charge on any atom is 0.325 e. The number of imide groups is 2. The van der Waals surface area contributed by atoms with Crippen LogP contribution >= 0.6 is 0 Å². The molecule has 1 heterocycles. The fraction of sp³-hybridized carbons (Fsp3) is 0.600. The smallest absolute Gasteiger partial charge is 0.325 e. The highest BCUT2D eigenvalue weighted by atomic mass is 16.2. The molecule has 8 nitrogen and oxygen atoms in total. The van der Waals surface area contributed by atoms with E-state index >= 15 is 0 Å². The van der Waals surface area contributed by atoms with Crippen molar-refractivity contribution < 1.29 is 19.2 Å². The maximum absolute atomic E-state index is 12.6. The third-order valence-electron chi connectivity index (χ3n) is 4.46. The standard InChI is InChI=1S/C15H22N4O4/c1-3-8-16-13(22)17-11(20)9-19-12(21)15(18-14(19)23)7-5-4-6-10(15)2/h3,10H,1,4-9H2,2H3,(H,18,23)(H2,16,17,20,22)/t10-,15+/m1/s1. The van der Waals surface area contributed by atoms with Crippen LogP contribution in [0.25, 0.3) is 0 Å². The van der Waals surface area contributed by atoms with E-state index in [-0.39, 0.29) is 18.4 Å². The molecule has 2 aliphatic rings. The molecule has 8 heteroatoms. The van der Waals surface area contributed by atoms with Gasteiger partial charge in [0.2, 0.25) is 5.91 Å². The topological polar surface area (TPSA) is 108 Å². The van der Waals surface area contributed by atoms with E-state index < -0.39 is 30.1 Å². The zero-order valence-corrected chi connectivity index (χ0v) is 13.2. The lowest BCUT2D eigenvalue weighted by Gasteiger charge is -2.36. The molecule has 6 amide bonds. The molecule has 1 saturated heterocycles. The van der Waals surface area contributed by atoms with Crippen molar-refractivity contribution in [3.8, 4) is 0 Å². The number of hydrogen-bond acceptors (Lipinski definition) is 4. The largest absolute Gasteiger partial charge is 0.334 e. The van der Waals surface area contributed by atoms with Gasteiger partial charge >= 0.3 is 12.1 Å². The molecule has 1 aliphatic carbocycles. The van der Waals surface area contributed by atoms with Crippen LogP contribution in [0.2, 0.25) is 0 Å². The second kappa shape index (κ2) is 6.80. The van der Waals surface area contributed by atoms with Crippen molar-refractivity contribution in [3.05, 3.63) is 12.7 Å². The minimum atomic E-state index is -0.902. The summed E-state index contributed by atoms with van der Waals surface area (Å²) in [5.41, 5.74) is -0.902. The van der Waals surface area contributed by atoms with Crippen LogP contribution in [0.4, 0.5) is 9.59 Å². The van der Waals surface area contributed by atoms with Crippen LogP contribution in [-0.4, -0.2) is 47.4 Å². The van der Waals surface area contributed by atoms with Gasteiger partial charge in [-0.25, -0.2) is 9.59 Å². The number of amides is 6. The number of carbonyl (C=O) groups is 4. The summed E-state index contributed by atoms with van der Waals surface area (Å²) in [6.07, 6.45) is 4.79. The van der Waals surface area contributed by atoms with E-state index in [1.165, 1.54) is 6.08 Å². The van der Waals surface area contributed by atoms with Crippen molar-refractivity contribution in [3.63, 3.8) is 0 Å². The molecule has 3 N–H and O–H groups in total. The maximum atomic E-state index is 12.6. The molecule has 126 valence electrons. The average Bonchev–Trinajstić information content (AvgIpc) is 2.73. The SMILES string of the molecule is C=CCNC(=O)NC(=O)CN1C(=O)N[C@]2(CCCC[C@H]2C)C1=O. The second-order valence-corrected chi connectivity index (χ2v) is 5.99. The number of rotatable bonds is 4. The summed E-state index contributed by atoms with van der Waals surface area (Å²) in [5.74, 6) is -1.07. The van der Waals surface area contributed by atoms with Gasteiger partial charge in [-0.1, -0.05) is 25.8 Å². The monoisotopic (exact) mass is 322 g/mol. The number of urea groups is 2. The lowest BCUT2D eigenvalue weighted by Crippen LogP contribution is -2.54. The predicted octanol–water partition coefficient (Wildman–Crippen LogP) is 0.499. The van der Waals surface area contributed by atoms with Gasteiger partial charge in [0, 0.05) is 6.54 Å². The molecule has 1 aliphatic heterocycles. The van der Waals surface area contributed by atoms with Gasteiger partial charge < -0.3 is 10.6 Å². The molecule has 23 heavy (non-hydrogen) atoms. The van der Waals surface area contributed by atoms with Crippen molar-refractivity contribution in [1.29, 1.82) is 0 Å². The Labute approximate surface area is 134 Å². The van der Waals surface area contributed by atoms with Gasteiger partial charge in [-0.05, 0) is 18.8 Å². The Morgan fingerprint density at radius 1 is 1.43 bits per heavy atom. The first-order chi connectivity index (χ1) is 10.9. The minimum absolute atomic E-state index is 0.0247. The van der Waals surface area contributed by atoms with Crippen LogP contribution < -0.4 is 16.0 Å². The average molecular weight is 322 g/mol. The summed E-state index contributed by atoms with van der Waals surface area (Å²) in [5, 5.41) is 7.21. The quantitative estimate of drug-likeness (QED) is 0.517. The number of carbonyl (C=O) groups excluding carboxylic acids is 4. The minimum Gasteiger partial charge on any atom is -0.334 e. The first kappa shape index (κ1) is 17.0. The first-order valence-corrected chi connectivity index (χ1v) is 7.73. The van der Waals surface area contributed by atoms with Crippen molar-refractivity contribution >= 4 is 23.9 Å². The Balaban J connectivity index is 1.99. The van der Waals surface area contributed by atoms with E-state index in [0.29, 0.717) is 6.42 Å². The van der Waals surface area contributed by atoms with Crippen LogP contribution in [-0.2, 0) is 9.59 Å². The van der Waals surface area contributed by atoms with Crippen molar-refractivity contribution in [2.75, 3.05) is 13.1 Å². The summed E-state index contributed by atoms with van der Waals surface area (Å²) < 4.78 is 0. The van der Waals surface area contributed by atoms with Crippen LogP contribution in [0.5, 0.6) is 0 Å². The van der Waals surface area contributed by atoms with Crippen LogP contribution in [0.15, 0.2) is 12.7 Å². The molecular weight excluding hydrogens is 300 g/mol. The van der Waals surface area contributed by atoms with E-state index in [2.05, 4.69) is 22.5 Å². The van der Waals surface area contributed by atoms with E-state index in [1.54, 1.807) is 0 Å². The Hall–Kier alpha value is -2.38. The lowest BCUT2D eigenvalue weighted by atomic mass is 9.73. The lowest BCUT2D eigenvalue weighted by molar-refractivity contribution is -0.137. The molecule has 0 aromatic rings. The van der Waals surface area contributed by atoms with Crippen molar-refractivity contribution in [2.45, 2.75) is 38.1 Å². The predicted molar refractivity (Wildman–Crippen MR) is 82.3 cm³/mol. The number of nitrogens with zero attached hydrogens (tertiary/aromatic N) is 1. The molecular formula is C15H22N4O4. The van der Waals surface area contributed by atoms with Crippen LogP contribution in [0.1, 0.15) is 32.6 Å². The highest BCUT2D eigenvalue weighted by Gasteiger charge is 2.55. The Kier molecular flexibility index (Phi) is 5.02. The zero-order chi connectivity index (χ0) is 17.0. The van der Waals surface area contributed by atoms with Gasteiger partial charge in [0.15, 0.2) is 0 Å². The molecule has 0 unspecified atom stereocenters. The summed E-state index contributed by atoms with van der Waals surface area (Å²) in [6, 6.07) is -1.27. The molecule has 0 aromatic carbocycles. The Morgan fingerprint density at radius 2 is 2.17 bits per heavy atom. The first-order valence-electron chi connectivity index (χ1n) is 7.73. The molecule has 1 saturated carbocycles. The number of nitrogens with one attached hydrogen (secondary N) is 3. The van der Waals surface area contributed by atoms with Crippen molar-refractivity contribution in [2.24, 2.45) is 5.92 Å². The van der Waals surface area contributed by atoms with Gasteiger partial charge in [0.05, 0.1) is 0 Å². The summed E-state index contributed by atoms with van der Waals surface area (Å²) >= 11 is 0.